The van der Waals surface area contributed by atoms with Crippen molar-refractivity contribution < 1.29 is 13.2 Å². The third kappa shape index (κ3) is 5.06. The Morgan fingerprint density at radius 1 is 1.03 bits per heavy atom. The first-order valence-electron chi connectivity index (χ1n) is 10.0. The Labute approximate surface area is 174 Å². The summed E-state index contributed by atoms with van der Waals surface area (Å²) in [6.07, 6.45) is 1.16. The molecule has 3 atom stereocenters. The number of nitrogens with zero attached hydrogens (tertiary/aromatic N) is 2. The number of carbonyl (C=O) groups excluding carboxylic acids is 1. The minimum absolute atomic E-state index is 0.108. The van der Waals surface area contributed by atoms with Gasteiger partial charge in [-0.2, -0.15) is 0 Å². The molecule has 0 N–H and O–H groups in total. The predicted molar refractivity (Wildman–Crippen MR) is 115 cm³/mol. The summed E-state index contributed by atoms with van der Waals surface area (Å²) in [5, 5.41) is 0. The van der Waals surface area contributed by atoms with Crippen LogP contribution < -0.4 is 0 Å². The highest BCUT2D eigenvalue weighted by Gasteiger charge is 2.36. The molecule has 1 aliphatic heterocycles. The summed E-state index contributed by atoms with van der Waals surface area (Å²) in [6, 6.07) is 16.9. The van der Waals surface area contributed by atoms with E-state index < -0.39 is 9.84 Å². The second-order valence-corrected chi connectivity index (χ2v) is 10.4. The third-order valence-electron chi connectivity index (χ3n) is 5.78. The summed E-state index contributed by atoms with van der Waals surface area (Å²) in [5.41, 5.74) is 1.72. The molecule has 6 heteroatoms. The zero-order valence-corrected chi connectivity index (χ0v) is 18.4. The topological polar surface area (TPSA) is 57.7 Å². The molecule has 0 aromatic heterocycles. The number of amides is 1. The summed E-state index contributed by atoms with van der Waals surface area (Å²) in [7, 11) is -1.51. The Balaban J connectivity index is 1.72. The summed E-state index contributed by atoms with van der Waals surface area (Å²) < 4.78 is 23.7. The van der Waals surface area contributed by atoms with Gasteiger partial charge in [0.05, 0.1) is 4.90 Å². The van der Waals surface area contributed by atoms with Gasteiger partial charge in [-0.05, 0) is 35.6 Å². The van der Waals surface area contributed by atoms with Gasteiger partial charge < -0.3 is 4.90 Å². The van der Waals surface area contributed by atoms with Crippen LogP contribution in [0, 0.1) is 11.8 Å². The molecule has 156 valence electrons. The molecule has 0 spiro atoms. The third-order valence-corrected chi connectivity index (χ3v) is 6.89. The van der Waals surface area contributed by atoms with E-state index in [1.165, 1.54) is 17.7 Å². The Bertz CT molecular complexity index is 947. The maximum absolute atomic E-state index is 13.1. The van der Waals surface area contributed by atoms with E-state index in [-0.39, 0.29) is 16.8 Å². The van der Waals surface area contributed by atoms with E-state index in [4.69, 9.17) is 0 Å². The SMILES string of the molecule is C[C@@H]1CN(Cc2ccccc2)C[C@H](C)C1N(C)C(=O)c1cccc(S(C)(=O)=O)c1. The molecule has 1 amide bonds. The Hall–Kier alpha value is -2.18. The second-order valence-electron chi connectivity index (χ2n) is 8.34. The zero-order valence-electron chi connectivity index (χ0n) is 17.6. The zero-order chi connectivity index (χ0) is 21.2. The maximum Gasteiger partial charge on any atom is 0.253 e. The van der Waals surface area contributed by atoms with Crippen LogP contribution in [0.25, 0.3) is 0 Å². The first kappa shape index (κ1) is 21.5. The van der Waals surface area contributed by atoms with Crippen molar-refractivity contribution in [1.82, 2.24) is 9.80 Å². The van der Waals surface area contributed by atoms with Crippen molar-refractivity contribution in [3.05, 3.63) is 65.7 Å². The molecule has 1 heterocycles. The van der Waals surface area contributed by atoms with Crippen LogP contribution in [0.1, 0.15) is 29.8 Å². The van der Waals surface area contributed by atoms with E-state index in [0.29, 0.717) is 17.4 Å². The van der Waals surface area contributed by atoms with Crippen LogP contribution in [0.2, 0.25) is 0 Å². The predicted octanol–water partition coefficient (Wildman–Crippen LogP) is 3.32. The van der Waals surface area contributed by atoms with Gasteiger partial charge in [0.1, 0.15) is 0 Å². The summed E-state index contributed by atoms with van der Waals surface area (Å²) in [5.74, 6) is 0.500. The number of likely N-dealkylation sites (tertiary alicyclic amines) is 1. The molecular formula is C23H30N2O3S. The van der Waals surface area contributed by atoms with Crippen LogP contribution in [-0.4, -0.2) is 56.6 Å². The normalized spacial score (nSPS) is 23.0. The van der Waals surface area contributed by atoms with Gasteiger partial charge in [0.25, 0.3) is 5.91 Å². The second kappa shape index (κ2) is 8.67. The smallest absolute Gasteiger partial charge is 0.253 e. The fraction of sp³-hybridized carbons (Fsp3) is 0.435. The van der Waals surface area contributed by atoms with Crippen molar-refractivity contribution in [2.45, 2.75) is 31.3 Å². The number of hydrogen-bond acceptors (Lipinski definition) is 4. The quantitative estimate of drug-likeness (QED) is 0.753. The molecule has 0 bridgehead atoms. The van der Waals surface area contributed by atoms with E-state index in [9.17, 15) is 13.2 Å². The molecule has 2 aromatic carbocycles. The number of hydrogen-bond donors (Lipinski definition) is 0. The minimum atomic E-state index is -3.35. The van der Waals surface area contributed by atoms with Crippen molar-refractivity contribution in [3.8, 4) is 0 Å². The number of piperidine rings is 1. The minimum Gasteiger partial charge on any atom is -0.338 e. The molecule has 29 heavy (non-hydrogen) atoms. The Morgan fingerprint density at radius 2 is 1.66 bits per heavy atom. The van der Waals surface area contributed by atoms with Crippen LogP contribution in [-0.2, 0) is 16.4 Å². The molecule has 2 aromatic rings. The highest BCUT2D eigenvalue weighted by Crippen LogP contribution is 2.28. The van der Waals surface area contributed by atoms with Gasteiger partial charge in [0.2, 0.25) is 0 Å². The standard InChI is InChI=1S/C23H30N2O3S/c1-17-14-25(16-19-9-6-5-7-10-19)15-18(2)22(17)24(3)23(26)20-11-8-12-21(13-20)29(4,27)28/h5-13,17-18,22H,14-16H2,1-4H3/t17-,18+,22?. The molecular weight excluding hydrogens is 384 g/mol. The van der Waals surface area contributed by atoms with Crippen molar-refractivity contribution >= 4 is 15.7 Å². The first-order valence-corrected chi connectivity index (χ1v) is 11.9. The largest absolute Gasteiger partial charge is 0.338 e. The highest BCUT2D eigenvalue weighted by molar-refractivity contribution is 7.90. The summed E-state index contributed by atoms with van der Waals surface area (Å²) in [6.45, 7) is 7.14. The van der Waals surface area contributed by atoms with E-state index in [2.05, 4.69) is 43.0 Å². The van der Waals surface area contributed by atoms with Crippen LogP contribution >= 0.6 is 0 Å². The highest BCUT2D eigenvalue weighted by atomic mass is 32.2. The number of carbonyl (C=O) groups is 1. The summed E-state index contributed by atoms with van der Waals surface area (Å²) >= 11 is 0. The molecule has 3 rings (SSSR count). The lowest BCUT2D eigenvalue weighted by Gasteiger charge is -2.45. The first-order chi connectivity index (χ1) is 13.7. The molecule has 0 aliphatic carbocycles. The lowest BCUT2D eigenvalue weighted by atomic mass is 9.84. The molecule has 1 fully saturated rings. The van der Waals surface area contributed by atoms with Crippen molar-refractivity contribution in [3.63, 3.8) is 0 Å². The molecule has 0 radical (unpaired) electrons. The fourth-order valence-electron chi connectivity index (χ4n) is 4.60. The monoisotopic (exact) mass is 414 g/mol. The van der Waals surface area contributed by atoms with Gasteiger partial charge in [0.15, 0.2) is 9.84 Å². The molecule has 5 nitrogen and oxygen atoms in total. The van der Waals surface area contributed by atoms with E-state index in [1.807, 2.05) is 13.1 Å². The fourth-order valence-corrected chi connectivity index (χ4v) is 5.27. The van der Waals surface area contributed by atoms with Gasteiger partial charge >= 0.3 is 0 Å². The number of benzene rings is 2. The Morgan fingerprint density at radius 3 is 2.24 bits per heavy atom. The van der Waals surface area contributed by atoms with Gasteiger partial charge in [-0.1, -0.05) is 50.2 Å². The lowest BCUT2D eigenvalue weighted by molar-refractivity contribution is 0.0271. The van der Waals surface area contributed by atoms with Crippen LogP contribution in [0.3, 0.4) is 0 Å². The van der Waals surface area contributed by atoms with Gasteiger partial charge in [-0.3, -0.25) is 9.69 Å². The van der Waals surface area contributed by atoms with E-state index in [1.54, 1.807) is 17.0 Å². The maximum atomic E-state index is 13.1. The van der Waals surface area contributed by atoms with Crippen LogP contribution in [0.5, 0.6) is 0 Å². The lowest BCUT2D eigenvalue weighted by Crippen LogP contribution is -2.55. The van der Waals surface area contributed by atoms with Crippen LogP contribution in [0.15, 0.2) is 59.5 Å². The average Bonchev–Trinajstić information content (AvgIpc) is 2.67. The van der Waals surface area contributed by atoms with Gasteiger partial charge in [0, 0.05) is 44.5 Å². The molecule has 1 aliphatic rings. The summed E-state index contributed by atoms with van der Waals surface area (Å²) in [4.78, 5) is 17.5. The van der Waals surface area contributed by atoms with E-state index >= 15 is 0 Å². The molecule has 1 saturated heterocycles. The van der Waals surface area contributed by atoms with Gasteiger partial charge in [-0.25, -0.2) is 8.42 Å². The van der Waals surface area contributed by atoms with E-state index in [0.717, 1.165) is 25.9 Å². The molecule has 0 saturated carbocycles. The number of rotatable bonds is 5. The van der Waals surface area contributed by atoms with Crippen molar-refractivity contribution in [2.75, 3.05) is 26.4 Å². The van der Waals surface area contributed by atoms with Crippen molar-refractivity contribution in [1.29, 1.82) is 0 Å². The Kier molecular flexibility index (Phi) is 6.44. The van der Waals surface area contributed by atoms with Crippen LogP contribution in [0.4, 0.5) is 0 Å². The molecule has 1 unspecified atom stereocenters. The average molecular weight is 415 g/mol. The van der Waals surface area contributed by atoms with Gasteiger partial charge in [-0.15, -0.1) is 0 Å². The van der Waals surface area contributed by atoms with Crippen molar-refractivity contribution in [2.24, 2.45) is 11.8 Å². The number of sulfone groups is 1.